The summed E-state index contributed by atoms with van der Waals surface area (Å²) >= 11 is 11.8. The molecule has 0 bridgehead atoms. The molecule has 0 saturated heterocycles. The van der Waals surface area contributed by atoms with Crippen molar-refractivity contribution in [1.82, 2.24) is 0 Å². The van der Waals surface area contributed by atoms with Crippen molar-refractivity contribution in [3.63, 3.8) is 0 Å². The molecule has 6 heteroatoms. The molecule has 21 heavy (non-hydrogen) atoms. The molecule has 3 rings (SSSR count). The van der Waals surface area contributed by atoms with Crippen molar-refractivity contribution >= 4 is 28.9 Å². The predicted octanol–water partition coefficient (Wildman–Crippen LogP) is 3.87. The molecule has 0 spiro atoms. The number of benzene rings is 2. The molecule has 1 aliphatic rings. The van der Waals surface area contributed by atoms with E-state index in [1.807, 2.05) is 6.07 Å². The zero-order chi connectivity index (χ0) is 14.8. The highest BCUT2D eigenvalue weighted by Gasteiger charge is 2.16. The highest BCUT2D eigenvalue weighted by molar-refractivity contribution is 6.42. The second-order valence-electron chi connectivity index (χ2n) is 4.64. The van der Waals surface area contributed by atoms with Crippen LogP contribution in [0.1, 0.15) is 11.7 Å². The summed E-state index contributed by atoms with van der Waals surface area (Å²) in [6, 6.07) is 10.6. The molecule has 0 fully saturated rings. The lowest BCUT2D eigenvalue weighted by atomic mass is 10.1. The molecule has 2 aromatic carbocycles. The maximum absolute atomic E-state index is 10.2. The summed E-state index contributed by atoms with van der Waals surface area (Å²) in [7, 11) is 0. The van der Waals surface area contributed by atoms with Gasteiger partial charge in [0.1, 0.15) is 0 Å². The van der Waals surface area contributed by atoms with Gasteiger partial charge in [-0.15, -0.1) is 0 Å². The number of fused-ring (bicyclic) bond motifs is 1. The average Bonchev–Trinajstić information content (AvgIpc) is 2.95. The monoisotopic (exact) mass is 325 g/mol. The minimum absolute atomic E-state index is 0.219. The van der Waals surface area contributed by atoms with Crippen molar-refractivity contribution in [2.24, 2.45) is 0 Å². The van der Waals surface area contributed by atoms with E-state index in [1.165, 1.54) is 0 Å². The van der Waals surface area contributed by atoms with Crippen LogP contribution < -0.4 is 14.8 Å². The normalized spacial score (nSPS) is 14.0. The molecule has 0 radical (unpaired) electrons. The van der Waals surface area contributed by atoms with Gasteiger partial charge in [0.05, 0.1) is 16.1 Å². The summed E-state index contributed by atoms with van der Waals surface area (Å²) < 4.78 is 10.5. The lowest BCUT2D eigenvalue weighted by Crippen LogP contribution is -2.12. The Hall–Kier alpha value is -1.62. The van der Waals surface area contributed by atoms with Crippen molar-refractivity contribution < 1.29 is 14.6 Å². The van der Waals surface area contributed by atoms with Gasteiger partial charge < -0.3 is 19.9 Å². The van der Waals surface area contributed by atoms with Gasteiger partial charge in [-0.05, 0) is 35.9 Å². The number of nitrogens with one attached hydrogen (secondary N) is 1. The Morgan fingerprint density at radius 2 is 1.86 bits per heavy atom. The molecule has 4 nitrogen and oxygen atoms in total. The van der Waals surface area contributed by atoms with E-state index in [4.69, 9.17) is 32.7 Å². The summed E-state index contributed by atoms with van der Waals surface area (Å²) in [5, 5.41) is 14.3. The zero-order valence-corrected chi connectivity index (χ0v) is 12.5. The van der Waals surface area contributed by atoms with E-state index in [0.717, 1.165) is 11.3 Å². The van der Waals surface area contributed by atoms with Gasteiger partial charge in [0.15, 0.2) is 11.5 Å². The van der Waals surface area contributed by atoms with Crippen LogP contribution in [0.2, 0.25) is 10.0 Å². The highest BCUT2D eigenvalue weighted by Crippen LogP contribution is 2.34. The highest BCUT2D eigenvalue weighted by atomic mass is 35.5. The van der Waals surface area contributed by atoms with E-state index in [1.54, 1.807) is 30.3 Å². The van der Waals surface area contributed by atoms with Gasteiger partial charge in [0.25, 0.3) is 0 Å². The molecule has 2 N–H and O–H groups in total. The van der Waals surface area contributed by atoms with Gasteiger partial charge in [0.2, 0.25) is 6.79 Å². The third kappa shape index (κ3) is 3.18. The van der Waals surface area contributed by atoms with Gasteiger partial charge in [0, 0.05) is 12.2 Å². The minimum Gasteiger partial charge on any atom is -0.454 e. The number of aliphatic hydroxyl groups excluding tert-OH is 1. The van der Waals surface area contributed by atoms with Crippen LogP contribution in [0.3, 0.4) is 0 Å². The van der Waals surface area contributed by atoms with Crippen LogP contribution in [-0.4, -0.2) is 18.4 Å². The van der Waals surface area contributed by atoms with Crippen LogP contribution in [0.4, 0.5) is 5.69 Å². The Balaban J connectivity index is 1.66. The second-order valence-corrected chi connectivity index (χ2v) is 5.45. The standard InChI is InChI=1S/C15H13Cl2NO3/c16-11-3-2-10(6-12(11)17)18-7-13(19)9-1-4-14-15(5-9)21-8-20-14/h1-6,13,18-19H,7-8H2. The number of halogens is 2. The lowest BCUT2D eigenvalue weighted by molar-refractivity contribution is 0.173. The largest absolute Gasteiger partial charge is 0.454 e. The minimum atomic E-state index is -0.672. The van der Waals surface area contributed by atoms with Gasteiger partial charge in [-0.2, -0.15) is 0 Å². The Bertz CT molecular complexity index is 663. The van der Waals surface area contributed by atoms with Crippen LogP contribution >= 0.6 is 23.2 Å². The maximum Gasteiger partial charge on any atom is 0.231 e. The fourth-order valence-electron chi connectivity index (χ4n) is 2.06. The molecule has 1 unspecified atom stereocenters. The Morgan fingerprint density at radius 1 is 1.05 bits per heavy atom. The quantitative estimate of drug-likeness (QED) is 0.896. The molecule has 0 aliphatic carbocycles. The molecule has 0 amide bonds. The van der Waals surface area contributed by atoms with Crippen molar-refractivity contribution in [1.29, 1.82) is 0 Å². The van der Waals surface area contributed by atoms with E-state index < -0.39 is 6.10 Å². The summed E-state index contributed by atoms with van der Waals surface area (Å²) in [6.45, 7) is 0.564. The van der Waals surface area contributed by atoms with E-state index in [-0.39, 0.29) is 6.79 Å². The van der Waals surface area contributed by atoms with E-state index >= 15 is 0 Å². The molecule has 2 aromatic rings. The van der Waals surface area contributed by atoms with Crippen molar-refractivity contribution in [2.45, 2.75) is 6.10 Å². The smallest absolute Gasteiger partial charge is 0.231 e. The molecular formula is C15H13Cl2NO3. The predicted molar refractivity (Wildman–Crippen MR) is 82.5 cm³/mol. The molecule has 110 valence electrons. The Morgan fingerprint density at radius 3 is 2.67 bits per heavy atom. The van der Waals surface area contributed by atoms with Gasteiger partial charge in [-0.3, -0.25) is 0 Å². The van der Waals surface area contributed by atoms with Crippen LogP contribution in [-0.2, 0) is 0 Å². The molecule has 1 aliphatic heterocycles. The molecule has 1 atom stereocenters. The summed E-state index contributed by atoms with van der Waals surface area (Å²) in [5.74, 6) is 1.35. The first kappa shape index (κ1) is 14.3. The SMILES string of the molecule is OC(CNc1ccc(Cl)c(Cl)c1)c1ccc2c(c1)OCO2. The second kappa shape index (κ2) is 6.02. The summed E-state index contributed by atoms with van der Waals surface area (Å²) in [5.41, 5.74) is 1.55. The first-order valence-electron chi connectivity index (χ1n) is 6.40. The fraction of sp³-hybridized carbons (Fsp3) is 0.200. The number of anilines is 1. The number of aliphatic hydroxyl groups is 1. The van der Waals surface area contributed by atoms with E-state index in [0.29, 0.717) is 28.1 Å². The number of hydrogen-bond donors (Lipinski definition) is 2. The van der Waals surface area contributed by atoms with Gasteiger partial charge >= 0.3 is 0 Å². The van der Waals surface area contributed by atoms with Crippen LogP contribution in [0.5, 0.6) is 11.5 Å². The first-order valence-corrected chi connectivity index (χ1v) is 7.15. The number of rotatable bonds is 4. The lowest BCUT2D eigenvalue weighted by Gasteiger charge is -2.14. The third-order valence-corrected chi connectivity index (χ3v) is 3.94. The van der Waals surface area contributed by atoms with E-state index in [9.17, 15) is 5.11 Å². The topological polar surface area (TPSA) is 50.7 Å². The van der Waals surface area contributed by atoms with Gasteiger partial charge in [-0.1, -0.05) is 29.3 Å². The zero-order valence-electron chi connectivity index (χ0n) is 11.0. The van der Waals surface area contributed by atoms with Crippen LogP contribution in [0.15, 0.2) is 36.4 Å². The number of ether oxygens (including phenoxy) is 2. The van der Waals surface area contributed by atoms with Crippen molar-refractivity contribution in [3.8, 4) is 11.5 Å². The summed E-state index contributed by atoms with van der Waals surface area (Å²) in [4.78, 5) is 0. The Kier molecular flexibility index (Phi) is 4.10. The molecule has 1 heterocycles. The van der Waals surface area contributed by atoms with Crippen molar-refractivity contribution in [3.05, 3.63) is 52.0 Å². The fourth-order valence-corrected chi connectivity index (χ4v) is 2.36. The van der Waals surface area contributed by atoms with Crippen LogP contribution in [0.25, 0.3) is 0 Å². The number of hydrogen-bond acceptors (Lipinski definition) is 4. The van der Waals surface area contributed by atoms with Gasteiger partial charge in [-0.25, -0.2) is 0 Å². The van der Waals surface area contributed by atoms with Crippen molar-refractivity contribution in [2.75, 3.05) is 18.7 Å². The average molecular weight is 326 g/mol. The van der Waals surface area contributed by atoms with Crippen LogP contribution in [0, 0.1) is 0 Å². The van der Waals surface area contributed by atoms with E-state index in [2.05, 4.69) is 5.32 Å². The third-order valence-electron chi connectivity index (χ3n) is 3.20. The first-order chi connectivity index (χ1) is 10.1. The molecule has 0 aromatic heterocycles. The Labute approximate surface area is 132 Å². The maximum atomic E-state index is 10.2. The molecular weight excluding hydrogens is 313 g/mol. The molecule has 0 saturated carbocycles. The summed E-state index contributed by atoms with van der Waals surface area (Å²) in [6.07, 6.45) is -0.672.